The standard InChI is InChI=1S/C13H21N3O/c1-10-9-15(3)7-8-16(10)13-12(11(2)17)5-4-6-14-13/h4-6,10-11,17H,7-9H2,1-3H3. The van der Waals surface area contributed by atoms with Crippen molar-refractivity contribution >= 4 is 5.82 Å². The summed E-state index contributed by atoms with van der Waals surface area (Å²) in [6, 6.07) is 4.27. The molecule has 1 N–H and O–H groups in total. The second-order valence-electron chi connectivity index (χ2n) is 4.90. The fourth-order valence-electron chi connectivity index (χ4n) is 2.43. The molecule has 0 aromatic carbocycles. The molecule has 1 aromatic heterocycles. The Morgan fingerprint density at radius 1 is 1.47 bits per heavy atom. The number of hydrogen-bond acceptors (Lipinski definition) is 4. The first-order valence-electron chi connectivity index (χ1n) is 6.17. The molecule has 1 fully saturated rings. The average Bonchev–Trinajstić information content (AvgIpc) is 2.29. The Bertz CT molecular complexity index is 381. The summed E-state index contributed by atoms with van der Waals surface area (Å²) in [6.07, 6.45) is 1.33. The van der Waals surface area contributed by atoms with Gasteiger partial charge < -0.3 is 14.9 Å². The average molecular weight is 235 g/mol. The van der Waals surface area contributed by atoms with Crippen LogP contribution in [0, 0.1) is 0 Å². The van der Waals surface area contributed by atoms with Crippen molar-refractivity contribution in [3.05, 3.63) is 23.9 Å². The number of pyridine rings is 1. The van der Waals surface area contributed by atoms with Gasteiger partial charge in [0.15, 0.2) is 0 Å². The van der Waals surface area contributed by atoms with Crippen LogP contribution in [0.25, 0.3) is 0 Å². The van der Waals surface area contributed by atoms with Crippen LogP contribution in [0.4, 0.5) is 5.82 Å². The van der Waals surface area contributed by atoms with Gasteiger partial charge in [-0.2, -0.15) is 0 Å². The highest BCUT2D eigenvalue weighted by Gasteiger charge is 2.25. The van der Waals surface area contributed by atoms with Gasteiger partial charge in [0.25, 0.3) is 0 Å². The molecule has 17 heavy (non-hydrogen) atoms. The van der Waals surface area contributed by atoms with Gasteiger partial charge in [-0.3, -0.25) is 0 Å². The number of rotatable bonds is 2. The first-order chi connectivity index (χ1) is 8.09. The second kappa shape index (κ2) is 5.02. The number of aromatic nitrogens is 1. The number of anilines is 1. The molecular weight excluding hydrogens is 214 g/mol. The lowest BCUT2D eigenvalue weighted by molar-refractivity contribution is 0.198. The van der Waals surface area contributed by atoms with Crippen molar-refractivity contribution < 1.29 is 5.11 Å². The zero-order chi connectivity index (χ0) is 12.4. The SMILES string of the molecule is CC(O)c1cccnc1N1CCN(C)CC1C. The van der Waals surface area contributed by atoms with Crippen molar-refractivity contribution in [2.24, 2.45) is 0 Å². The van der Waals surface area contributed by atoms with Gasteiger partial charge in [0.2, 0.25) is 0 Å². The smallest absolute Gasteiger partial charge is 0.134 e. The minimum atomic E-state index is -0.467. The number of piperazine rings is 1. The number of nitrogens with zero attached hydrogens (tertiary/aromatic N) is 3. The van der Waals surface area contributed by atoms with E-state index in [0.717, 1.165) is 31.0 Å². The predicted octanol–water partition coefficient (Wildman–Crippen LogP) is 1.28. The van der Waals surface area contributed by atoms with Gasteiger partial charge in [-0.25, -0.2) is 4.98 Å². The molecule has 0 spiro atoms. The van der Waals surface area contributed by atoms with E-state index in [9.17, 15) is 5.11 Å². The van der Waals surface area contributed by atoms with Gasteiger partial charge in [0.05, 0.1) is 6.10 Å². The van der Waals surface area contributed by atoms with Gasteiger partial charge in [0, 0.05) is 37.4 Å². The minimum absolute atomic E-state index is 0.432. The minimum Gasteiger partial charge on any atom is -0.389 e. The zero-order valence-corrected chi connectivity index (χ0v) is 10.8. The Balaban J connectivity index is 2.27. The predicted molar refractivity (Wildman–Crippen MR) is 69.2 cm³/mol. The van der Waals surface area contributed by atoms with Gasteiger partial charge in [0.1, 0.15) is 5.82 Å². The fraction of sp³-hybridized carbons (Fsp3) is 0.615. The van der Waals surface area contributed by atoms with Crippen molar-refractivity contribution in [3.63, 3.8) is 0 Å². The Hall–Kier alpha value is -1.13. The molecular formula is C13H21N3O. The van der Waals surface area contributed by atoms with E-state index in [4.69, 9.17) is 0 Å². The van der Waals surface area contributed by atoms with E-state index < -0.39 is 6.10 Å². The Kier molecular flexibility index (Phi) is 3.64. The number of aliphatic hydroxyl groups excluding tert-OH is 1. The van der Waals surface area contributed by atoms with Crippen molar-refractivity contribution in [1.29, 1.82) is 0 Å². The molecule has 2 rings (SSSR count). The van der Waals surface area contributed by atoms with Crippen LogP contribution in [0.2, 0.25) is 0 Å². The monoisotopic (exact) mass is 235 g/mol. The van der Waals surface area contributed by atoms with E-state index in [1.807, 2.05) is 12.1 Å². The maximum absolute atomic E-state index is 9.80. The molecule has 94 valence electrons. The highest BCUT2D eigenvalue weighted by atomic mass is 16.3. The van der Waals surface area contributed by atoms with Gasteiger partial charge >= 0.3 is 0 Å². The Morgan fingerprint density at radius 2 is 2.24 bits per heavy atom. The summed E-state index contributed by atoms with van der Waals surface area (Å²) in [5.41, 5.74) is 0.920. The molecule has 0 aliphatic carbocycles. The van der Waals surface area contributed by atoms with Gasteiger partial charge in [-0.1, -0.05) is 6.07 Å². The normalized spacial score (nSPS) is 23.8. The summed E-state index contributed by atoms with van der Waals surface area (Å²) < 4.78 is 0. The molecule has 1 aliphatic rings. The third-order valence-electron chi connectivity index (χ3n) is 3.37. The molecule has 0 amide bonds. The van der Waals surface area contributed by atoms with Crippen molar-refractivity contribution in [2.45, 2.75) is 26.0 Å². The maximum Gasteiger partial charge on any atom is 0.134 e. The lowest BCUT2D eigenvalue weighted by atomic mass is 10.1. The summed E-state index contributed by atoms with van der Waals surface area (Å²) >= 11 is 0. The van der Waals surface area contributed by atoms with Crippen LogP contribution in [-0.2, 0) is 0 Å². The van der Waals surface area contributed by atoms with E-state index in [2.05, 4.69) is 28.8 Å². The van der Waals surface area contributed by atoms with Crippen LogP contribution in [0.3, 0.4) is 0 Å². The van der Waals surface area contributed by atoms with Crippen molar-refractivity contribution in [2.75, 3.05) is 31.6 Å². The van der Waals surface area contributed by atoms with Gasteiger partial charge in [-0.15, -0.1) is 0 Å². The first kappa shape index (κ1) is 12.3. The van der Waals surface area contributed by atoms with Crippen molar-refractivity contribution in [3.8, 4) is 0 Å². The number of hydrogen-bond donors (Lipinski definition) is 1. The topological polar surface area (TPSA) is 39.6 Å². The van der Waals surface area contributed by atoms with Crippen LogP contribution in [-0.4, -0.2) is 47.7 Å². The lowest BCUT2D eigenvalue weighted by Gasteiger charge is -2.40. The molecule has 1 aliphatic heterocycles. The third-order valence-corrected chi connectivity index (χ3v) is 3.37. The Morgan fingerprint density at radius 3 is 2.88 bits per heavy atom. The number of likely N-dealkylation sites (N-methyl/N-ethyl adjacent to an activating group) is 1. The molecule has 0 saturated carbocycles. The largest absolute Gasteiger partial charge is 0.389 e. The summed E-state index contributed by atoms with van der Waals surface area (Å²) in [6.45, 7) is 7.04. The van der Waals surface area contributed by atoms with Crippen LogP contribution < -0.4 is 4.90 Å². The van der Waals surface area contributed by atoms with Gasteiger partial charge in [-0.05, 0) is 27.0 Å². The molecule has 0 bridgehead atoms. The van der Waals surface area contributed by atoms with E-state index in [0.29, 0.717) is 6.04 Å². The molecule has 2 unspecified atom stereocenters. The molecule has 1 saturated heterocycles. The molecule has 2 atom stereocenters. The van der Waals surface area contributed by atoms with E-state index >= 15 is 0 Å². The highest BCUT2D eigenvalue weighted by Crippen LogP contribution is 2.26. The van der Waals surface area contributed by atoms with E-state index in [-0.39, 0.29) is 0 Å². The van der Waals surface area contributed by atoms with Crippen LogP contribution in [0.1, 0.15) is 25.5 Å². The lowest BCUT2D eigenvalue weighted by Crippen LogP contribution is -2.51. The molecule has 4 heteroatoms. The summed E-state index contributed by atoms with van der Waals surface area (Å²) in [5, 5.41) is 9.80. The van der Waals surface area contributed by atoms with Crippen molar-refractivity contribution in [1.82, 2.24) is 9.88 Å². The fourth-order valence-corrected chi connectivity index (χ4v) is 2.43. The van der Waals surface area contributed by atoms with Crippen LogP contribution in [0.5, 0.6) is 0 Å². The summed E-state index contributed by atoms with van der Waals surface area (Å²) in [4.78, 5) is 9.07. The summed E-state index contributed by atoms with van der Waals surface area (Å²) in [5.74, 6) is 0.933. The molecule has 4 nitrogen and oxygen atoms in total. The number of aliphatic hydroxyl groups is 1. The molecule has 2 heterocycles. The third kappa shape index (κ3) is 2.58. The molecule has 0 radical (unpaired) electrons. The molecule has 1 aromatic rings. The van der Waals surface area contributed by atoms with E-state index in [1.54, 1.807) is 13.1 Å². The first-order valence-corrected chi connectivity index (χ1v) is 6.17. The van der Waals surface area contributed by atoms with Crippen LogP contribution in [0.15, 0.2) is 18.3 Å². The maximum atomic E-state index is 9.80. The quantitative estimate of drug-likeness (QED) is 0.838. The summed E-state index contributed by atoms with van der Waals surface area (Å²) in [7, 11) is 2.14. The Labute approximate surface area is 103 Å². The highest BCUT2D eigenvalue weighted by molar-refractivity contribution is 5.49. The van der Waals surface area contributed by atoms with E-state index in [1.165, 1.54) is 0 Å². The second-order valence-corrected chi connectivity index (χ2v) is 4.90. The van der Waals surface area contributed by atoms with Crippen LogP contribution >= 0.6 is 0 Å². The zero-order valence-electron chi connectivity index (χ0n) is 10.8.